The van der Waals surface area contributed by atoms with Crippen molar-refractivity contribution in [3.8, 4) is 0 Å². The zero-order valence-corrected chi connectivity index (χ0v) is 19.7. The Kier molecular flexibility index (Phi) is 8.63. The third-order valence-electron chi connectivity index (χ3n) is 5.12. The predicted molar refractivity (Wildman–Crippen MR) is 123 cm³/mol. The fourth-order valence-electron chi connectivity index (χ4n) is 3.52. The summed E-state index contributed by atoms with van der Waals surface area (Å²) in [4.78, 5) is 10.0. The molecule has 3 rings (SSSR count). The van der Waals surface area contributed by atoms with Crippen LogP contribution < -0.4 is 10.6 Å². The van der Waals surface area contributed by atoms with Crippen LogP contribution in [0.15, 0.2) is 29.3 Å². The lowest BCUT2D eigenvalue weighted by Crippen LogP contribution is -2.48. The van der Waals surface area contributed by atoms with Gasteiger partial charge in [-0.3, -0.25) is 4.99 Å². The monoisotopic (exact) mass is 518 g/mol. The first-order valence-electron chi connectivity index (χ1n) is 9.24. The summed E-state index contributed by atoms with van der Waals surface area (Å²) in [5.74, 6) is 0.541. The third-order valence-corrected chi connectivity index (χ3v) is 6.19. The van der Waals surface area contributed by atoms with Crippen LogP contribution in [0.2, 0.25) is 0 Å². The van der Waals surface area contributed by atoms with E-state index in [0.29, 0.717) is 26.3 Å². The molecular formula is C20H28FIN4OS. The number of guanidine groups is 1. The third kappa shape index (κ3) is 5.64. The molecule has 1 fully saturated rings. The number of thiazole rings is 1. The number of aromatic nitrogens is 1. The Hall–Kier alpha value is -1.26. The van der Waals surface area contributed by atoms with Gasteiger partial charge in [-0.05, 0) is 44.4 Å². The maximum atomic E-state index is 13.8. The summed E-state index contributed by atoms with van der Waals surface area (Å²) >= 11 is 1.70. The van der Waals surface area contributed by atoms with Crippen LogP contribution >= 0.6 is 35.3 Å². The minimum atomic E-state index is -0.197. The highest BCUT2D eigenvalue weighted by atomic mass is 127. The number of nitrogens with zero attached hydrogens (tertiary/aromatic N) is 2. The van der Waals surface area contributed by atoms with E-state index in [2.05, 4.69) is 20.6 Å². The fraction of sp³-hybridized carbons (Fsp3) is 0.500. The van der Waals surface area contributed by atoms with Gasteiger partial charge in [0.05, 0.1) is 17.2 Å². The van der Waals surface area contributed by atoms with Crippen LogP contribution in [0, 0.1) is 19.7 Å². The molecule has 5 nitrogen and oxygen atoms in total. The number of hydrogen-bond acceptors (Lipinski definition) is 4. The molecule has 2 N–H and O–H groups in total. The van der Waals surface area contributed by atoms with Crippen LogP contribution in [-0.2, 0) is 16.7 Å². The molecule has 28 heavy (non-hydrogen) atoms. The molecule has 1 aromatic heterocycles. The molecule has 1 aliphatic heterocycles. The van der Waals surface area contributed by atoms with E-state index >= 15 is 0 Å². The second kappa shape index (κ2) is 10.5. The van der Waals surface area contributed by atoms with Crippen molar-refractivity contribution in [2.75, 3.05) is 26.8 Å². The van der Waals surface area contributed by atoms with Gasteiger partial charge in [0.15, 0.2) is 5.96 Å². The highest BCUT2D eigenvalue weighted by Gasteiger charge is 2.35. The quantitative estimate of drug-likeness (QED) is 0.358. The number of nitrogens with one attached hydrogen (secondary N) is 2. The first-order valence-corrected chi connectivity index (χ1v) is 10.1. The summed E-state index contributed by atoms with van der Waals surface area (Å²) in [7, 11) is 1.76. The first kappa shape index (κ1) is 23.0. The minimum Gasteiger partial charge on any atom is -0.381 e. The van der Waals surface area contributed by atoms with Crippen molar-refractivity contribution in [1.29, 1.82) is 0 Å². The number of benzene rings is 1. The van der Waals surface area contributed by atoms with Crippen LogP contribution in [0.5, 0.6) is 0 Å². The van der Waals surface area contributed by atoms with Gasteiger partial charge in [0, 0.05) is 37.1 Å². The molecule has 2 heterocycles. The Morgan fingerprint density at radius 2 is 2.04 bits per heavy atom. The SMILES string of the molecule is CN=C(NCc1sc(C)nc1C)NCC1(c2cccc(F)c2)CCOCC1.I. The summed E-state index contributed by atoms with van der Waals surface area (Å²) in [5, 5.41) is 7.87. The number of halogens is 2. The summed E-state index contributed by atoms with van der Waals surface area (Å²) in [6.07, 6.45) is 1.71. The van der Waals surface area contributed by atoms with Crippen molar-refractivity contribution in [3.05, 3.63) is 51.2 Å². The smallest absolute Gasteiger partial charge is 0.191 e. The molecule has 0 spiro atoms. The summed E-state index contributed by atoms with van der Waals surface area (Å²) < 4.78 is 19.4. The largest absolute Gasteiger partial charge is 0.381 e. The lowest BCUT2D eigenvalue weighted by molar-refractivity contribution is 0.0513. The molecule has 1 saturated heterocycles. The maximum absolute atomic E-state index is 13.8. The molecule has 154 valence electrons. The highest BCUT2D eigenvalue weighted by Crippen LogP contribution is 2.34. The van der Waals surface area contributed by atoms with E-state index < -0.39 is 0 Å². The van der Waals surface area contributed by atoms with Crippen molar-refractivity contribution < 1.29 is 9.13 Å². The van der Waals surface area contributed by atoms with Gasteiger partial charge >= 0.3 is 0 Å². The fourth-order valence-corrected chi connectivity index (χ4v) is 4.40. The van der Waals surface area contributed by atoms with E-state index in [0.717, 1.165) is 35.1 Å². The molecule has 0 saturated carbocycles. The molecule has 2 aromatic rings. The second-order valence-corrected chi connectivity index (χ2v) is 8.21. The first-order chi connectivity index (χ1) is 13.0. The minimum absolute atomic E-state index is 0. The van der Waals surface area contributed by atoms with Crippen LogP contribution in [0.3, 0.4) is 0 Å². The molecule has 1 aromatic carbocycles. The van der Waals surface area contributed by atoms with Gasteiger partial charge in [-0.15, -0.1) is 35.3 Å². The van der Waals surface area contributed by atoms with Crippen molar-refractivity contribution in [1.82, 2.24) is 15.6 Å². The molecular weight excluding hydrogens is 490 g/mol. The van der Waals surface area contributed by atoms with Crippen LogP contribution in [-0.4, -0.2) is 37.7 Å². The van der Waals surface area contributed by atoms with Gasteiger partial charge in [-0.1, -0.05) is 12.1 Å². The van der Waals surface area contributed by atoms with Gasteiger partial charge in [0.1, 0.15) is 5.82 Å². The number of ether oxygens (including phenoxy) is 1. The molecule has 0 radical (unpaired) electrons. The zero-order valence-electron chi connectivity index (χ0n) is 16.5. The molecule has 0 atom stereocenters. The van der Waals surface area contributed by atoms with Gasteiger partial charge in [0.25, 0.3) is 0 Å². The summed E-state index contributed by atoms with van der Waals surface area (Å²) in [6.45, 7) is 6.78. The van der Waals surface area contributed by atoms with E-state index in [-0.39, 0.29) is 35.2 Å². The lowest BCUT2D eigenvalue weighted by Gasteiger charge is -2.38. The predicted octanol–water partition coefficient (Wildman–Crippen LogP) is 3.93. The van der Waals surface area contributed by atoms with Crippen molar-refractivity contribution in [3.63, 3.8) is 0 Å². The van der Waals surface area contributed by atoms with E-state index in [1.165, 1.54) is 10.9 Å². The Morgan fingerprint density at radius 1 is 1.29 bits per heavy atom. The van der Waals surface area contributed by atoms with Crippen molar-refractivity contribution in [2.45, 2.75) is 38.6 Å². The van der Waals surface area contributed by atoms with Crippen molar-refractivity contribution >= 4 is 41.3 Å². The van der Waals surface area contributed by atoms with Gasteiger partial charge in [-0.2, -0.15) is 0 Å². The normalized spacial score (nSPS) is 16.4. The Bertz CT molecular complexity index is 805. The van der Waals surface area contributed by atoms with E-state index in [4.69, 9.17) is 4.74 Å². The molecule has 0 bridgehead atoms. The van der Waals surface area contributed by atoms with E-state index in [1.54, 1.807) is 30.5 Å². The second-order valence-electron chi connectivity index (χ2n) is 6.92. The topological polar surface area (TPSA) is 58.5 Å². The van der Waals surface area contributed by atoms with Crippen molar-refractivity contribution in [2.24, 2.45) is 4.99 Å². The van der Waals surface area contributed by atoms with Gasteiger partial charge in [-0.25, -0.2) is 9.37 Å². The average Bonchev–Trinajstić information content (AvgIpc) is 3.00. The lowest BCUT2D eigenvalue weighted by atomic mass is 9.74. The standard InChI is InChI=1S/C20H27FN4OS.HI/c1-14-18(27-15(2)25-14)12-23-19(22-3)24-13-20(7-9-26-10-8-20)16-5-4-6-17(21)11-16;/h4-6,11H,7-10,12-13H2,1-3H3,(H2,22,23,24);1H. The van der Waals surface area contributed by atoms with Crippen LogP contribution in [0.4, 0.5) is 4.39 Å². The number of aliphatic imine (C=N–C) groups is 1. The molecule has 0 aliphatic carbocycles. The number of hydrogen-bond donors (Lipinski definition) is 2. The molecule has 0 amide bonds. The Labute approximate surface area is 187 Å². The number of aryl methyl sites for hydroxylation is 2. The maximum Gasteiger partial charge on any atom is 0.191 e. The average molecular weight is 518 g/mol. The zero-order chi connectivity index (χ0) is 19.3. The molecule has 8 heteroatoms. The Morgan fingerprint density at radius 3 is 2.64 bits per heavy atom. The molecule has 0 unspecified atom stereocenters. The van der Waals surface area contributed by atoms with E-state index in [9.17, 15) is 4.39 Å². The Balaban J connectivity index is 0.00000280. The summed E-state index contributed by atoms with van der Waals surface area (Å²) in [6, 6.07) is 6.93. The highest BCUT2D eigenvalue weighted by molar-refractivity contribution is 14.0. The van der Waals surface area contributed by atoms with Crippen LogP contribution in [0.1, 0.15) is 34.0 Å². The van der Waals surface area contributed by atoms with Gasteiger partial charge in [0.2, 0.25) is 0 Å². The number of rotatable bonds is 5. The van der Waals surface area contributed by atoms with Gasteiger partial charge < -0.3 is 15.4 Å². The summed E-state index contributed by atoms with van der Waals surface area (Å²) in [5.41, 5.74) is 1.92. The van der Waals surface area contributed by atoms with Crippen LogP contribution in [0.25, 0.3) is 0 Å². The van der Waals surface area contributed by atoms with E-state index in [1.807, 2.05) is 19.9 Å². The molecule has 1 aliphatic rings.